The van der Waals surface area contributed by atoms with Crippen molar-refractivity contribution in [3.63, 3.8) is 0 Å². The highest BCUT2D eigenvalue weighted by atomic mass is 31.1. The summed E-state index contributed by atoms with van der Waals surface area (Å²) < 4.78 is 0. The van der Waals surface area contributed by atoms with Gasteiger partial charge in [-0.1, -0.05) is 158 Å². The quantitative estimate of drug-likeness (QED) is 0.150. The van der Waals surface area contributed by atoms with Gasteiger partial charge in [0.2, 0.25) is 0 Å². The maximum atomic E-state index is 2.44. The van der Waals surface area contributed by atoms with Gasteiger partial charge in [-0.15, -0.1) is 0 Å². The van der Waals surface area contributed by atoms with Crippen molar-refractivity contribution in [1.29, 1.82) is 0 Å². The SMILES string of the molecule is c1ccc(P(c2ccccc2)c2cccc3cc4c(P(c5ccccc5)c5ccccc5)cccc4cc23)cc1. The molecule has 0 fully saturated rings. The molecule has 0 N–H and O–H groups in total. The molecule has 0 heterocycles. The summed E-state index contributed by atoms with van der Waals surface area (Å²) in [5.41, 5.74) is 0. The molecule has 0 aromatic heterocycles. The molecule has 0 nitrogen and oxygen atoms in total. The van der Waals surface area contributed by atoms with Crippen LogP contribution in [0.4, 0.5) is 0 Å². The molecule has 0 aliphatic heterocycles. The molecule has 0 bridgehead atoms. The van der Waals surface area contributed by atoms with Gasteiger partial charge in [0.1, 0.15) is 0 Å². The minimum absolute atomic E-state index is 0.690. The highest BCUT2D eigenvalue weighted by Gasteiger charge is 2.21. The van der Waals surface area contributed by atoms with E-state index < -0.39 is 15.8 Å². The molecule has 0 unspecified atom stereocenters. The van der Waals surface area contributed by atoms with E-state index in [0.29, 0.717) is 0 Å². The lowest BCUT2D eigenvalue weighted by Gasteiger charge is -2.23. The number of fused-ring (bicyclic) bond motifs is 2. The van der Waals surface area contributed by atoms with E-state index >= 15 is 0 Å². The topological polar surface area (TPSA) is 0 Å². The minimum Gasteiger partial charge on any atom is -0.0622 e. The normalized spacial score (nSPS) is 11.4. The van der Waals surface area contributed by atoms with Gasteiger partial charge in [0.25, 0.3) is 0 Å². The molecule has 40 heavy (non-hydrogen) atoms. The Morgan fingerprint density at radius 1 is 0.275 bits per heavy atom. The molecule has 2 heteroatoms. The highest BCUT2D eigenvalue weighted by Crippen LogP contribution is 2.39. The van der Waals surface area contributed by atoms with E-state index in [4.69, 9.17) is 0 Å². The van der Waals surface area contributed by atoms with E-state index in [1.807, 2.05) is 0 Å². The minimum atomic E-state index is -0.690. The second-order valence-electron chi connectivity index (χ2n) is 9.86. The van der Waals surface area contributed by atoms with E-state index in [0.717, 1.165) is 0 Å². The monoisotopic (exact) mass is 546 g/mol. The fourth-order valence-electron chi connectivity index (χ4n) is 5.57. The van der Waals surface area contributed by atoms with Gasteiger partial charge in [0.05, 0.1) is 0 Å². The van der Waals surface area contributed by atoms with Crippen LogP contribution < -0.4 is 31.8 Å². The van der Waals surface area contributed by atoms with Gasteiger partial charge in [0.15, 0.2) is 0 Å². The van der Waals surface area contributed by atoms with Crippen molar-refractivity contribution in [1.82, 2.24) is 0 Å². The Balaban J connectivity index is 1.46. The summed E-state index contributed by atoms with van der Waals surface area (Å²) >= 11 is 0. The summed E-state index contributed by atoms with van der Waals surface area (Å²) in [4.78, 5) is 0. The summed E-state index contributed by atoms with van der Waals surface area (Å²) in [5.74, 6) is 0. The highest BCUT2D eigenvalue weighted by molar-refractivity contribution is 7.80. The van der Waals surface area contributed by atoms with Gasteiger partial charge in [-0.25, -0.2) is 0 Å². The largest absolute Gasteiger partial charge is 0.0622 e. The van der Waals surface area contributed by atoms with E-state index in [-0.39, 0.29) is 0 Å². The van der Waals surface area contributed by atoms with Crippen LogP contribution in [0.3, 0.4) is 0 Å². The Morgan fingerprint density at radius 3 is 0.875 bits per heavy atom. The second kappa shape index (κ2) is 11.2. The van der Waals surface area contributed by atoms with Crippen LogP contribution >= 0.6 is 15.8 Å². The number of benzene rings is 7. The zero-order chi connectivity index (χ0) is 26.7. The van der Waals surface area contributed by atoms with Crippen LogP contribution in [0.15, 0.2) is 170 Å². The molecule has 0 aliphatic carbocycles. The maximum Gasteiger partial charge on any atom is -0.00724 e. The first-order valence-electron chi connectivity index (χ1n) is 13.6. The first-order valence-corrected chi connectivity index (χ1v) is 16.3. The maximum absolute atomic E-state index is 2.44. The van der Waals surface area contributed by atoms with E-state index in [1.54, 1.807) is 0 Å². The zero-order valence-corrected chi connectivity index (χ0v) is 23.8. The van der Waals surface area contributed by atoms with Crippen molar-refractivity contribution in [2.24, 2.45) is 0 Å². The molecule has 7 aromatic carbocycles. The van der Waals surface area contributed by atoms with Crippen molar-refractivity contribution >= 4 is 69.2 Å². The smallest absolute Gasteiger partial charge is 0.00724 e. The van der Waals surface area contributed by atoms with Crippen LogP contribution in [0.25, 0.3) is 21.5 Å². The molecule has 0 aliphatic rings. The Bertz CT molecular complexity index is 1660. The van der Waals surface area contributed by atoms with Crippen molar-refractivity contribution < 1.29 is 0 Å². The number of hydrogen-bond acceptors (Lipinski definition) is 0. The summed E-state index contributed by atoms with van der Waals surface area (Å²) in [6.07, 6.45) is 0. The molecule has 0 saturated heterocycles. The molecule has 0 amide bonds. The summed E-state index contributed by atoms with van der Waals surface area (Å²) in [5, 5.41) is 13.6. The summed E-state index contributed by atoms with van der Waals surface area (Å²) in [7, 11) is -1.38. The Labute approximate surface area is 238 Å². The molecule has 0 atom stereocenters. The van der Waals surface area contributed by atoms with Gasteiger partial charge in [-0.2, -0.15) is 0 Å². The first kappa shape index (κ1) is 24.9. The van der Waals surface area contributed by atoms with Gasteiger partial charge < -0.3 is 0 Å². The van der Waals surface area contributed by atoms with E-state index in [2.05, 4.69) is 170 Å². The molecule has 0 radical (unpaired) electrons. The lowest BCUT2D eigenvalue weighted by molar-refractivity contribution is 1.75. The Morgan fingerprint density at radius 2 is 0.575 bits per heavy atom. The predicted molar refractivity (Wildman–Crippen MR) is 179 cm³/mol. The Kier molecular flexibility index (Phi) is 6.97. The van der Waals surface area contributed by atoms with Crippen LogP contribution in [0.5, 0.6) is 0 Å². The third kappa shape index (κ3) is 4.76. The standard InChI is InChI=1S/C38H28P2/c1-5-17-31(18-6-1)39(32-19-7-2-8-20-32)37-25-13-15-29-28-36-30(27-35(29)37)16-14-26-38(36)40(33-21-9-3-10-22-33)34-23-11-4-12-24-34/h1-28H. The molecular formula is C38H28P2. The first-order chi connectivity index (χ1) is 19.9. The third-order valence-corrected chi connectivity index (χ3v) is 12.4. The van der Waals surface area contributed by atoms with E-state index in [1.165, 1.54) is 53.4 Å². The average Bonchev–Trinajstić information content (AvgIpc) is 3.03. The third-order valence-electron chi connectivity index (χ3n) is 7.37. The molecular weight excluding hydrogens is 518 g/mol. The van der Waals surface area contributed by atoms with Crippen LogP contribution in [0.1, 0.15) is 0 Å². The fraction of sp³-hybridized carbons (Fsp3) is 0. The van der Waals surface area contributed by atoms with Crippen LogP contribution in [0.2, 0.25) is 0 Å². The van der Waals surface area contributed by atoms with Crippen molar-refractivity contribution in [3.05, 3.63) is 170 Å². The summed E-state index contributed by atoms with van der Waals surface area (Å²) in [6.45, 7) is 0. The summed E-state index contributed by atoms with van der Waals surface area (Å²) in [6, 6.07) is 62.6. The number of hydrogen-bond donors (Lipinski definition) is 0. The second-order valence-corrected chi connectivity index (χ2v) is 14.2. The lowest BCUT2D eigenvalue weighted by Crippen LogP contribution is -2.22. The Hall–Kier alpha value is -4.08. The lowest BCUT2D eigenvalue weighted by atomic mass is 10.0. The molecule has 0 saturated carbocycles. The number of rotatable bonds is 6. The van der Waals surface area contributed by atoms with Gasteiger partial charge in [0, 0.05) is 0 Å². The molecule has 7 rings (SSSR count). The predicted octanol–water partition coefficient (Wildman–Crippen LogP) is 7.51. The van der Waals surface area contributed by atoms with Crippen LogP contribution in [-0.4, -0.2) is 0 Å². The van der Waals surface area contributed by atoms with Gasteiger partial charge >= 0.3 is 0 Å². The van der Waals surface area contributed by atoms with Crippen LogP contribution in [0, 0.1) is 0 Å². The van der Waals surface area contributed by atoms with Crippen LogP contribution in [-0.2, 0) is 0 Å². The fourth-order valence-corrected chi connectivity index (χ4v) is 10.5. The average molecular weight is 547 g/mol. The zero-order valence-electron chi connectivity index (χ0n) is 22.1. The van der Waals surface area contributed by atoms with E-state index in [9.17, 15) is 0 Å². The molecule has 7 aromatic rings. The van der Waals surface area contributed by atoms with Gasteiger partial charge in [-0.3, -0.25) is 0 Å². The molecule has 0 spiro atoms. The van der Waals surface area contributed by atoms with Crippen molar-refractivity contribution in [3.8, 4) is 0 Å². The molecule has 190 valence electrons. The van der Waals surface area contributed by atoms with Gasteiger partial charge in [-0.05, 0) is 81.3 Å². The van der Waals surface area contributed by atoms with Crippen molar-refractivity contribution in [2.45, 2.75) is 0 Å². The van der Waals surface area contributed by atoms with Crippen molar-refractivity contribution in [2.75, 3.05) is 0 Å².